The van der Waals surface area contributed by atoms with E-state index in [1.54, 1.807) is 7.05 Å². The van der Waals surface area contributed by atoms with E-state index in [1.165, 1.54) is 17.0 Å². The summed E-state index contributed by atoms with van der Waals surface area (Å²) in [6.45, 7) is 0.515. The van der Waals surface area contributed by atoms with Crippen LogP contribution in [-0.2, 0) is 4.79 Å². The molecular formula is C12H13Cl2N3O2. The molecule has 1 unspecified atom stereocenters. The van der Waals surface area contributed by atoms with E-state index in [0.717, 1.165) is 6.42 Å². The van der Waals surface area contributed by atoms with Crippen molar-refractivity contribution >= 4 is 35.0 Å². The first-order valence-electron chi connectivity index (χ1n) is 5.89. The van der Waals surface area contributed by atoms with Gasteiger partial charge in [0.15, 0.2) is 0 Å². The number of aromatic nitrogens is 1. The van der Waals surface area contributed by atoms with Crippen LogP contribution < -0.4 is 5.32 Å². The summed E-state index contributed by atoms with van der Waals surface area (Å²) in [6.07, 6.45) is 1.42. The lowest BCUT2D eigenvalue weighted by Crippen LogP contribution is -2.45. The molecule has 102 valence electrons. The largest absolute Gasteiger partial charge is 0.357 e. The van der Waals surface area contributed by atoms with Gasteiger partial charge in [0, 0.05) is 13.6 Å². The molecule has 0 spiro atoms. The van der Waals surface area contributed by atoms with Crippen LogP contribution in [0.25, 0.3) is 0 Å². The van der Waals surface area contributed by atoms with Crippen molar-refractivity contribution in [2.45, 2.75) is 18.9 Å². The molecule has 2 amide bonds. The standard InChI is InChI=1S/C12H13Cl2N3O2/c1-15-11(18)8-3-2-6-17(8)12(19)10-7(13)4-5-9(14)16-10/h4-5,8H,2-3,6H2,1H3,(H,15,18). The molecule has 1 aromatic rings. The van der Waals surface area contributed by atoms with Crippen LogP contribution in [0.4, 0.5) is 0 Å². The van der Waals surface area contributed by atoms with Gasteiger partial charge in [-0.1, -0.05) is 23.2 Å². The smallest absolute Gasteiger partial charge is 0.274 e. The summed E-state index contributed by atoms with van der Waals surface area (Å²) in [7, 11) is 1.55. The number of amides is 2. The van der Waals surface area contributed by atoms with Gasteiger partial charge in [-0.2, -0.15) is 0 Å². The van der Waals surface area contributed by atoms with Crippen LogP contribution in [-0.4, -0.2) is 41.3 Å². The highest BCUT2D eigenvalue weighted by Crippen LogP contribution is 2.24. The van der Waals surface area contributed by atoms with E-state index < -0.39 is 6.04 Å². The average Bonchev–Trinajstić information content (AvgIpc) is 2.89. The number of hydrogen-bond acceptors (Lipinski definition) is 3. The number of nitrogens with zero attached hydrogens (tertiary/aromatic N) is 2. The van der Waals surface area contributed by atoms with Crippen LogP contribution in [0.5, 0.6) is 0 Å². The lowest BCUT2D eigenvalue weighted by molar-refractivity contribution is -0.124. The van der Waals surface area contributed by atoms with Crippen LogP contribution in [0.15, 0.2) is 12.1 Å². The van der Waals surface area contributed by atoms with Crippen molar-refractivity contribution in [3.8, 4) is 0 Å². The molecule has 1 atom stereocenters. The molecule has 1 aliphatic heterocycles. The van der Waals surface area contributed by atoms with Crippen LogP contribution in [0, 0.1) is 0 Å². The average molecular weight is 302 g/mol. The third-order valence-electron chi connectivity index (χ3n) is 3.08. The number of rotatable bonds is 2. The third kappa shape index (κ3) is 2.82. The maximum atomic E-state index is 12.4. The minimum atomic E-state index is -0.464. The zero-order valence-electron chi connectivity index (χ0n) is 10.3. The number of pyridine rings is 1. The SMILES string of the molecule is CNC(=O)C1CCCN1C(=O)c1nc(Cl)ccc1Cl. The Bertz CT molecular complexity index is 522. The van der Waals surface area contributed by atoms with Crippen molar-refractivity contribution in [1.82, 2.24) is 15.2 Å². The predicted octanol–water partition coefficient (Wildman–Crippen LogP) is 1.74. The monoisotopic (exact) mass is 301 g/mol. The summed E-state index contributed by atoms with van der Waals surface area (Å²) in [5.74, 6) is -0.539. The Morgan fingerprint density at radius 2 is 2.16 bits per heavy atom. The highest BCUT2D eigenvalue weighted by molar-refractivity contribution is 6.34. The zero-order valence-corrected chi connectivity index (χ0v) is 11.8. The summed E-state index contributed by atoms with van der Waals surface area (Å²) in [5, 5.41) is 2.99. The minimum absolute atomic E-state index is 0.0879. The lowest BCUT2D eigenvalue weighted by Gasteiger charge is -2.23. The Kier molecular flexibility index (Phi) is 4.27. The Balaban J connectivity index is 2.28. The van der Waals surface area contributed by atoms with E-state index in [0.29, 0.717) is 13.0 Å². The Hall–Kier alpha value is -1.33. The van der Waals surface area contributed by atoms with Crippen molar-refractivity contribution in [3.05, 3.63) is 28.0 Å². The van der Waals surface area contributed by atoms with E-state index in [9.17, 15) is 9.59 Å². The highest BCUT2D eigenvalue weighted by Gasteiger charge is 2.35. The number of carbonyl (C=O) groups excluding carboxylic acids is 2. The Labute approximate surface area is 120 Å². The van der Waals surface area contributed by atoms with E-state index in [1.807, 2.05) is 0 Å². The topological polar surface area (TPSA) is 62.3 Å². The van der Waals surface area contributed by atoms with Gasteiger partial charge in [-0.15, -0.1) is 0 Å². The normalized spacial score (nSPS) is 18.5. The van der Waals surface area contributed by atoms with Crippen molar-refractivity contribution in [3.63, 3.8) is 0 Å². The minimum Gasteiger partial charge on any atom is -0.357 e. The molecule has 0 saturated carbocycles. The molecular weight excluding hydrogens is 289 g/mol. The van der Waals surface area contributed by atoms with Crippen molar-refractivity contribution in [1.29, 1.82) is 0 Å². The fraction of sp³-hybridized carbons (Fsp3) is 0.417. The van der Waals surface area contributed by atoms with Gasteiger partial charge in [-0.05, 0) is 25.0 Å². The molecule has 1 fully saturated rings. The molecule has 2 rings (SSSR count). The molecule has 1 N–H and O–H groups in total. The van der Waals surface area contributed by atoms with Crippen LogP contribution in [0.3, 0.4) is 0 Å². The van der Waals surface area contributed by atoms with E-state index in [4.69, 9.17) is 23.2 Å². The fourth-order valence-electron chi connectivity index (χ4n) is 2.15. The van der Waals surface area contributed by atoms with Gasteiger partial charge in [-0.3, -0.25) is 9.59 Å². The summed E-state index contributed by atoms with van der Waals surface area (Å²) in [6, 6.07) is 2.57. The van der Waals surface area contributed by atoms with Gasteiger partial charge in [-0.25, -0.2) is 4.98 Å². The van der Waals surface area contributed by atoms with E-state index in [2.05, 4.69) is 10.3 Å². The van der Waals surface area contributed by atoms with Gasteiger partial charge < -0.3 is 10.2 Å². The number of nitrogens with one attached hydrogen (secondary N) is 1. The number of halogens is 2. The zero-order chi connectivity index (χ0) is 14.0. The first-order chi connectivity index (χ1) is 9.04. The van der Waals surface area contributed by atoms with Crippen LogP contribution >= 0.6 is 23.2 Å². The summed E-state index contributed by atoms with van der Waals surface area (Å²) < 4.78 is 0. The second kappa shape index (κ2) is 5.75. The van der Waals surface area contributed by atoms with Gasteiger partial charge in [0.1, 0.15) is 16.9 Å². The number of carbonyl (C=O) groups is 2. The molecule has 0 radical (unpaired) electrons. The second-order valence-electron chi connectivity index (χ2n) is 4.24. The number of likely N-dealkylation sites (tertiary alicyclic amines) is 1. The highest BCUT2D eigenvalue weighted by atomic mass is 35.5. The Morgan fingerprint density at radius 1 is 1.42 bits per heavy atom. The molecule has 1 saturated heterocycles. The van der Waals surface area contributed by atoms with Crippen molar-refractivity contribution in [2.75, 3.05) is 13.6 Å². The Morgan fingerprint density at radius 3 is 2.84 bits per heavy atom. The third-order valence-corrected chi connectivity index (χ3v) is 3.59. The van der Waals surface area contributed by atoms with Crippen LogP contribution in [0.2, 0.25) is 10.2 Å². The number of hydrogen-bond donors (Lipinski definition) is 1. The van der Waals surface area contributed by atoms with Crippen LogP contribution in [0.1, 0.15) is 23.3 Å². The van der Waals surface area contributed by atoms with Crippen molar-refractivity contribution in [2.24, 2.45) is 0 Å². The van der Waals surface area contributed by atoms with E-state index >= 15 is 0 Å². The molecule has 0 aliphatic carbocycles. The second-order valence-corrected chi connectivity index (χ2v) is 5.03. The summed E-state index contributed by atoms with van der Waals surface area (Å²) >= 11 is 11.7. The van der Waals surface area contributed by atoms with Gasteiger partial charge in [0.25, 0.3) is 5.91 Å². The first kappa shape index (κ1) is 14.1. The first-order valence-corrected chi connectivity index (χ1v) is 6.64. The number of likely N-dealkylation sites (N-methyl/N-ethyl adjacent to an activating group) is 1. The van der Waals surface area contributed by atoms with Crippen molar-refractivity contribution < 1.29 is 9.59 Å². The van der Waals surface area contributed by atoms with Gasteiger partial charge >= 0.3 is 0 Å². The molecule has 1 aromatic heterocycles. The maximum absolute atomic E-state index is 12.4. The molecule has 1 aliphatic rings. The fourth-order valence-corrected chi connectivity index (χ4v) is 2.49. The molecule has 2 heterocycles. The molecule has 0 bridgehead atoms. The quantitative estimate of drug-likeness (QED) is 0.846. The molecule has 7 heteroatoms. The predicted molar refractivity (Wildman–Crippen MR) is 72.4 cm³/mol. The maximum Gasteiger partial charge on any atom is 0.274 e. The molecule has 5 nitrogen and oxygen atoms in total. The molecule has 19 heavy (non-hydrogen) atoms. The van der Waals surface area contributed by atoms with E-state index in [-0.39, 0.29) is 27.7 Å². The summed E-state index contributed by atoms with van der Waals surface area (Å²) in [4.78, 5) is 29.6. The summed E-state index contributed by atoms with van der Waals surface area (Å²) in [5.41, 5.74) is 0.0879. The van der Waals surface area contributed by atoms with Gasteiger partial charge in [0.05, 0.1) is 5.02 Å². The van der Waals surface area contributed by atoms with Gasteiger partial charge in [0.2, 0.25) is 5.91 Å². The lowest BCUT2D eigenvalue weighted by atomic mass is 10.2. The molecule has 0 aromatic carbocycles.